The van der Waals surface area contributed by atoms with Gasteiger partial charge in [0.15, 0.2) is 0 Å². The first-order chi connectivity index (χ1) is 7.47. The maximum atomic E-state index is 11.8. The number of aromatic nitrogens is 2. The van der Waals surface area contributed by atoms with Crippen molar-refractivity contribution in [2.45, 2.75) is 13.8 Å². The van der Waals surface area contributed by atoms with Gasteiger partial charge < -0.3 is 10.4 Å². The molecule has 1 atom stereocenters. The van der Waals surface area contributed by atoms with Gasteiger partial charge >= 0.3 is 0 Å². The van der Waals surface area contributed by atoms with Crippen molar-refractivity contribution >= 4 is 17.5 Å². The molecule has 0 aliphatic heterocycles. The van der Waals surface area contributed by atoms with E-state index >= 15 is 0 Å². The van der Waals surface area contributed by atoms with E-state index < -0.39 is 0 Å². The van der Waals surface area contributed by atoms with Crippen molar-refractivity contribution in [3.05, 3.63) is 16.4 Å². The van der Waals surface area contributed by atoms with E-state index in [1.165, 1.54) is 4.68 Å². The molecule has 2 N–H and O–H groups in total. The number of aryl methyl sites for hydroxylation is 2. The van der Waals surface area contributed by atoms with Crippen molar-refractivity contribution in [3.8, 4) is 0 Å². The zero-order valence-electron chi connectivity index (χ0n) is 9.62. The second-order valence-electron chi connectivity index (χ2n) is 3.87. The average molecular weight is 246 g/mol. The second-order valence-corrected chi connectivity index (χ2v) is 4.23. The molecule has 0 aliphatic rings. The van der Waals surface area contributed by atoms with Gasteiger partial charge in [-0.2, -0.15) is 5.10 Å². The Bertz CT molecular complexity index is 390. The van der Waals surface area contributed by atoms with E-state index in [1.807, 2.05) is 6.92 Å². The molecule has 5 nitrogen and oxygen atoms in total. The summed E-state index contributed by atoms with van der Waals surface area (Å²) in [7, 11) is 1.68. The highest BCUT2D eigenvalue weighted by Crippen LogP contribution is 2.18. The first-order valence-electron chi connectivity index (χ1n) is 5.05. The van der Waals surface area contributed by atoms with Gasteiger partial charge in [-0.3, -0.25) is 9.48 Å². The number of hydrogen-bond acceptors (Lipinski definition) is 3. The maximum absolute atomic E-state index is 11.8. The van der Waals surface area contributed by atoms with Crippen molar-refractivity contribution in [2.75, 3.05) is 13.2 Å². The van der Waals surface area contributed by atoms with E-state index in [4.69, 9.17) is 16.7 Å². The minimum atomic E-state index is -0.254. The number of rotatable bonds is 4. The van der Waals surface area contributed by atoms with Crippen LogP contribution in [0.25, 0.3) is 0 Å². The van der Waals surface area contributed by atoms with Crippen LogP contribution < -0.4 is 5.32 Å². The van der Waals surface area contributed by atoms with Crippen molar-refractivity contribution in [1.29, 1.82) is 0 Å². The molecule has 0 spiro atoms. The van der Waals surface area contributed by atoms with Crippen LogP contribution in [0.2, 0.25) is 5.15 Å². The van der Waals surface area contributed by atoms with E-state index in [1.54, 1.807) is 14.0 Å². The summed E-state index contributed by atoms with van der Waals surface area (Å²) in [5.41, 5.74) is 0.996. The molecule has 0 saturated heterocycles. The standard InChI is InChI=1S/C10H16ClN3O2/c1-6(5-15)4-12-10(16)8-7(2)13-14(3)9(8)11/h6,15H,4-5H2,1-3H3,(H,12,16). The number of aliphatic hydroxyl groups is 1. The van der Waals surface area contributed by atoms with E-state index in [0.29, 0.717) is 23.0 Å². The van der Waals surface area contributed by atoms with Crippen LogP contribution in [0.15, 0.2) is 0 Å². The van der Waals surface area contributed by atoms with Gasteiger partial charge in [-0.05, 0) is 12.8 Å². The Morgan fingerprint density at radius 1 is 1.69 bits per heavy atom. The fourth-order valence-electron chi connectivity index (χ4n) is 1.31. The number of nitrogens with one attached hydrogen (secondary N) is 1. The monoisotopic (exact) mass is 245 g/mol. The Labute approximate surface area is 99.4 Å². The van der Waals surface area contributed by atoms with Crippen LogP contribution in [0, 0.1) is 12.8 Å². The minimum absolute atomic E-state index is 0.0275. The fraction of sp³-hybridized carbons (Fsp3) is 0.600. The Morgan fingerprint density at radius 3 is 2.75 bits per heavy atom. The van der Waals surface area contributed by atoms with Crippen molar-refractivity contribution in [2.24, 2.45) is 13.0 Å². The van der Waals surface area contributed by atoms with Crippen molar-refractivity contribution in [3.63, 3.8) is 0 Å². The van der Waals surface area contributed by atoms with Crippen LogP contribution in [-0.2, 0) is 7.05 Å². The Balaban J connectivity index is 2.73. The summed E-state index contributed by atoms with van der Waals surface area (Å²) < 4.78 is 1.46. The van der Waals surface area contributed by atoms with Gasteiger partial charge in [0, 0.05) is 20.2 Å². The molecule has 6 heteroatoms. The number of carbonyl (C=O) groups excluding carboxylic acids is 1. The SMILES string of the molecule is Cc1nn(C)c(Cl)c1C(=O)NCC(C)CO. The zero-order chi connectivity index (χ0) is 12.3. The molecule has 0 radical (unpaired) electrons. The Morgan fingerprint density at radius 2 is 2.31 bits per heavy atom. The maximum Gasteiger partial charge on any atom is 0.256 e. The quantitative estimate of drug-likeness (QED) is 0.822. The van der Waals surface area contributed by atoms with E-state index in [0.717, 1.165) is 0 Å². The van der Waals surface area contributed by atoms with E-state index in [2.05, 4.69) is 10.4 Å². The van der Waals surface area contributed by atoms with Crippen LogP contribution in [0.4, 0.5) is 0 Å². The average Bonchev–Trinajstić information content (AvgIpc) is 2.49. The van der Waals surface area contributed by atoms with Gasteiger partial charge in [-0.25, -0.2) is 0 Å². The summed E-state index contributed by atoms with van der Waals surface area (Å²) >= 11 is 5.95. The summed E-state index contributed by atoms with van der Waals surface area (Å²) in [5, 5.41) is 15.9. The van der Waals surface area contributed by atoms with E-state index in [-0.39, 0.29) is 18.4 Å². The van der Waals surface area contributed by atoms with Crippen LogP contribution in [0.3, 0.4) is 0 Å². The molecule has 0 fully saturated rings. The number of aliphatic hydroxyl groups excluding tert-OH is 1. The van der Waals surface area contributed by atoms with Crippen LogP contribution in [0.1, 0.15) is 23.0 Å². The third-order valence-corrected chi connectivity index (χ3v) is 2.74. The first-order valence-corrected chi connectivity index (χ1v) is 5.43. The molecule has 90 valence electrons. The van der Waals surface area contributed by atoms with E-state index in [9.17, 15) is 4.79 Å². The molecular weight excluding hydrogens is 230 g/mol. The highest BCUT2D eigenvalue weighted by atomic mass is 35.5. The van der Waals surface area contributed by atoms with Gasteiger partial charge in [-0.15, -0.1) is 0 Å². The van der Waals surface area contributed by atoms with Gasteiger partial charge in [0.2, 0.25) is 0 Å². The normalized spacial score (nSPS) is 12.6. The predicted octanol–water partition coefficient (Wildman–Crippen LogP) is 0.740. The summed E-state index contributed by atoms with van der Waals surface area (Å²) in [6, 6.07) is 0. The van der Waals surface area contributed by atoms with Gasteiger partial charge in [0.25, 0.3) is 5.91 Å². The molecule has 0 saturated carbocycles. The largest absolute Gasteiger partial charge is 0.396 e. The summed E-state index contributed by atoms with van der Waals surface area (Å²) in [4.78, 5) is 11.8. The smallest absolute Gasteiger partial charge is 0.256 e. The predicted molar refractivity (Wildman–Crippen MR) is 61.5 cm³/mol. The summed E-state index contributed by atoms with van der Waals surface area (Å²) in [5.74, 6) is -0.226. The second kappa shape index (κ2) is 5.32. The number of hydrogen-bond donors (Lipinski definition) is 2. The minimum Gasteiger partial charge on any atom is -0.396 e. The van der Waals surface area contributed by atoms with Crippen LogP contribution in [0.5, 0.6) is 0 Å². The third kappa shape index (κ3) is 2.74. The lowest BCUT2D eigenvalue weighted by Crippen LogP contribution is -2.30. The summed E-state index contributed by atoms with van der Waals surface area (Å²) in [6.07, 6.45) is 0. The molecule has 0 aromatic carbocycles. The zero-order valence-corrected chi connectivity index (χ0v) is 10.4. The lowest BCUT2D eigenvalue weighted by molar-refractivity contribution is 0.0942. The molecule has 16 heavy (non-hydrogen) atoms. The molecule has 1 aromatic heterocycles. The van der Waals surface area contributed by atoms with Crippen molar-refractivity contribution in [1.82, 2.24) is 15.1 Å². The number of nitrogens with zero attached hydrogens (tertiary/aromatic N) is 2. The molecule has 0 aliphatic carbocycles. The Kier molecular flexibility index (Phi) is 4.32. The molecule has 1 aromatic rings. The molecule has 1 rings (SSSR count). The highest BCUT2D eigenvalue weighted by Gasteiger charge is 2.18. The van der Waals surface area contributed by atoms with Crippen molar-refractivity contribution < 1.29 is 9.90 Å². The first kappa shape index (κ1) is 13.0. The third-order valence-electron chi connectivity index (χ3n) is 2.30. The van der Waals surface area contributed by atoms with Gasteiger partial charge in [0.05, 0.1) is 11.3 Å². The van der Waals surface area contributed by atoms with Crippen LogP contribution in [-0.4, -0.2) is 33.9 Å². The highest BCUT2D eigenvalue weighted by molar-refractivity contribution is 6.33. The van der Waals surface area contributed by atoms with Gasteiger partial charge in [0.1, 0.15) is 5.15 Å². The number of amides is 1. The Hall–Kier alpha value is -1.07. The fourth-order valence-corrected chi connectivity index (χ4v) is 1.57. The van der Waals surface area contributed by atoms with Crippen LogP contribution >= 0.6 is 11.6 Å². The molecular formula is C10H16ClN3O2. The molecule has 1 unspecified atom stereocenters. The molecule has 1 amide bonds. The summed E-state index contributed by atoms with van der Waals surface area (Å²) in [6.45, 7) is 4.04. The number of halogens is 1. The number of carbonyl (C=O) groups is 1. The lowest BCUT2D eigenvalue weighted by atomic mass is 10.2. The lowest BCUT2D eigenvalue weighted by Gasteiger charge is -2.09. The van der Waals surface area contributed by atoms with Gasteiger partial charge in [-0.1, -0.05) is 18.5 Å². The topological polar surface area (TPSA) is 67.2 Å². The molecule has 1 heterocycles. The molecule has 0 bridgehead atoms.